The summed E-state index contributed by atoms with van der Waals surface area (Å²) in [6, 6.07) is 10.9. The van der Waals surface area contributed by atoms with Crippen molar-refractivity contribution in [2.24, 2.45) is 5.92 Å². The highest BCUT2D eigenvalue weighted by atomic mass is 16.2. The van der Waals surface area contributed by atoms with Gasteiger partial charge in [-0.15, -0.1) is 0 Å². The molecule has 0 aromatic heterocycles. The molecule has 2 fully saturated rings. The van der Waals surface area contributed by atoms with E-state index in [1.807, 2.05) is 18.2 Å². The Morgan fingerprint density at radius 3 is 2.33 bits per heavy atom. The van der Waals surface area contributed by atoms with E-state index in [1.165, 1.54) is 5.56 Å². The fourth-order valence-corrected chi connectivity index (χ4v) is 4.81. The van der Waals surface area contributed by atoms with Crippen molar-refractivity contribution >= 4 is 11.8 Å². The molecule has 0 aliphatic carbocycles. The van der Waals surface area contributed by atoms with Crippen LogP contribution in [0.5, 0.6) is 0 Å². The summed E-state index contributed by atoms with van der Waals surface area (Å²) in [4.78, 5) is 29.5. The van der Waals surface area contributed by atoms with E-state index < -0.39 is 0 Å². The molecule has 0 spiro atoms. The Hall–Kier alpha value is -1.88. The zero-order valence-electron chi connectivity index (χ0n) is 18.7. The van der Waals surface area contributed by atoms with E-state index in [4.69, 9.17) is 0 Å². The topological polar surface area (TPSA) is 52.7 Å². The number of hydrogen-bond donors (Lipinski definition) is 1. The summed E-state index contributed by atoms with van der Waals surface area (Å²) >= 11 is 0. The number of nitrogens with zero attached hydrogens (tertiary/aromatic N) is 2. The summed E-state index contributed by atoms with van der Waals surface area (Å²) in [6.07, 6.45) is 9.00. The number of hydrogen-bond acceptors (Lipinski definition) is 3. The number of carbonyl (C=O) groups excluding carboxylic acids is 2. The minimum Gasteiger partial charge on any atom is -0.356 e. The molecule has 30 heavy (non-hydrogen) atoms. The lowest BCUT2D eigenvalue weighted by molar-refractivity contribution is -0.133. The molecule has 1 aromatic carbocycles. The van der Waals surface area contributed by atoms with E-state index in [-0.39, 0.29) is 11.8 Å². The van der Waals surface area contributed by atoms with Crippen molar-refractivity contribution in [3.63, 3.8) is 0 Å². The number of carbonyl (C=O) groups is 2. The third-order valence-corrected chi connectivity index (χ3v) is 6.78. The molecule has 1 aromatic rings. The summed E-state index contributed by atoms with van der Waals surface area (Å²) in [5, 5.41) is 3.13. The van der Waals surface area contributed by atoms with E-state index in [0.717, 1.165) is 77.5 Å². The first-order valence-electron chi connectivity index (χ1n) is 12.0. The second-order valence-electron chi connectivity index (χ2n) is 8.91. The Balaban J connectivity index is 1.31. The zero-order valence-corrected chi connectivity index (χ0v) is 18.7. The average Bonchev–Trinajstić information content (AvgIpc) is 2.80. The molecule has 5 nitrogen and oxygen atoms in total. The molecule has 0 unspecified atom stereocenters. The van der Waals surface area contributed by atoms with Crippen LogP contribution in [0.15, 0.2) is 30.3 Å². The van der Waals surface area contributed by atoms with Gasteiger partial charge in [0.05, 0.1) is 0 Å². The number of unbranched alkanes of at least 4 members (excludes halogenated alkanes) is 2. The summed E-state index contributed by atoms with van der Waals surface area (Å²) in [7, 11) is 0. The van der Waals surface area contributed by atoms with E-state index in [1.54, 1.807) is 0 Å². The van der Waals surface area contributed by atoms with Gasteiger partial charge in [-0.1, -0.05) is 50.1 Å². The number of rotatable bonds is 9. The second-order valence-corrected chi connectivity index (χ2v) is 8.91. The van der Waals surface area contributed by atoms with Gasteiger partial charge in [-0.3, -0.25) is 9.59 Å². The molecule has 5 heteroatoms. The first-order valence-corrected chi connectivity index (χ1v) is 12.0. The van der Waals surface area contributed by atoms with Crippen LogP contribution in [0.1, 0.15) is 63.9 Å². The van der Waals surface area contributed by atoms with Crippen LogP contribution in [-0.4, -0.2) is 60.4 Å². The lowest BCUT2D eigenvalue weighted by Crippen LogP contribution is -2.50. The van der Waals surface area contributed by atoms with Crippen LogP contribution in [0, 0.1) is 5.92 Å². The molecule has 2 saturated heterocycles. The SMILES string of the molecule is CCCCCC(=O)N1CCC(N2CCC(C(=O)NCCc3ccccc3)CC2)CC1. The number of likely N-dealkylation sites (tertiary alicyclic amines) is 2. The van der Waals surface area contributed by atoms with Crippen molar-refractivity contribution in [3.8, 4) is 0 Å². The van der Waals surface area contributed by atoms with Gasteiger partial charge in [-0.25, -0.2) is 0 Å². The van der Waals surface area contributed by atoms with Gasteiger partial charge in [-0.2, -0.15) is 0 Å². The van der Waals surface area contributed by atoms with Crippen LogP contribution in [0.25, 0.3) is 0 Å². The van der Waals surface area contributed by atoms with Gasteiger partial charge in [0.25, 0.3) is 0 Å². The van der Waals surface area contributed by atoms with Crippen molar-refractivity contribution < 1.29 is 9.59 Å². The molecule has 0 saturated carbocycles. The Morgan fingerprint density at radius 2 is 1.67 bits per heavy atom. The first kappa shape index (κ1) is 22.8. The van der Waals surface area contributed by atoms with Crippen LogP contribution < -0.4 is 5.32 Å². The lowest BCUT2D eigenvalue weighted by Gasteiger charge is -2.41. The summed E-state index contributed by atoms with van der Waals surface area (Å²) in [6.45, 7) is 6.70. The molecular formula is C25H39N3O2. The van der Waals surface area contributed by atoms with Crippen LogP contribution in [0.2, 0.25) is 0 Å². The summed E-state index contributed by atoms with van der Waals surface area (Å²) in [5.74, 6) is 0.711. The third-order valence-electron chi connectivity index (χ3n) is 6.78. The van der Waals surface area contributed by atoms with E-state index in [2.05, 4.69) is 34.2 Å². The Morgan fingerprint density at radius 1 is 0.967 bits per heavy atom. The molecule has 0 atom stereocenters. The van der Waals surface area contributed by atoms with Gasteiger partial charge in [0.15, 0.2) is 0 Å². The van der Waals surface area contributed by atoms with Crippen LogP contribution in [-0.2, 0) is 16.0 Å². The number of piperidine rings is 2. The van der Waals surface area contributed by atoms with Gasteiger partial charge >= 0.3 is 0 Å². The predicted molar refractivity (Wildman–Crippen MR) is 121 cm³/mol. The highest BCUT2D eigenvalue weighted by Crippen LogP contribution is 2.24. The molecule has 2 aliphatic heterocycles. The number of nitrogens with one attached hydrogen (secondary N) is 1. The van der Waals surface area contributed by atoms with Gasteiger partial charge in [0.1, 0.15) is 0 Å². The molecule has 2 amide bonds. The van der Waals surface area contributed by atoms with Gasteiger partial charge in [0, 0.05) is 38.0 Å². The van der Waals surface area contributed by atoms with Gasteiger partial charge in [-0.05, 0) is 57.2 Å². The van der Waals surface area contributed by atoms with Crippen LogP contribution >= 0.6 is 0 Å². The molecule has 3 rings (SSSR count). The molecule has 1 N–H and O–H groups in total. The smallest absolute Gasteiger partial charge is 0.223 e. The van der Waals surface area contributed by atoms with Crippen LogP contribution in [0.3, 0.4) is 0 Å². The molecule has 2 aliphatic rings. The van der Waals surface area contributed by atoms with E-state index >= 15 is 0 Å². The largest absolute Gasteiger partial charge is 0.356 e. The maximum absolute atomic E-state index is 12.5. The first-order chi connectivity index (χ1) is 14.7. The van der Waals surface area contributed by atoms with Crippen molar-refractivity contribution in [1.82, 2.24) is 15.1 Å². The second kappa shape index (κ2) is 12.1. The van der Waals surface area contributed by atoms with Crippen molar-refractivity contribution in [2.75, 3.05) is 32.7 Å². The highest BCUT2D eigenvalue weighted by molar-refractivity contribution is 5.78. The Labute approximate surface area is 182 Å². The highest BCUT2D eigenvalue weighted by Gasteiger charge is 2.31. The number of benzene rings is 1. The summed E-state index contributed by atoms with van der Waals surface area (Å²) in [5.41, 5.74) is 1.27. The monoisotopic (exact) mass is 413 g/mol. The fourth-order valence-electron chi connectivity index (χ4n) is 4.81. The van der Waals surface area contributed by atoms with E-state index in [9.17, 15) is 9.59 Å². The Bertz CT molecular complexity index is 648. The van der Waals surface area contributed by atoms with Gasteiger partial charge < -0.3 is 15.1 Å². The van der Waals surface area contributed by atoms with E-state index in [0.29, 0.717) is 24.9 Å². The molecule has 2 heterocycles. The molecule has 0 radical (unpaired) electrons. The quantitative estimate of drug-likeness (QED) is 0.629. The Kier molecular flexibility index (Phi) is 9.19. The van der Waals surface area contributed by atoms with Crippen molar-refractivity contribution in [3.05, 3.63) is 35.9 Å². The zero-order chi connectivity index (χ0) is 21.2. The average molecular weight is 414 g/mol. The standard InChI is InChI=1S/C25H39N3O2/c1-2-3-5-10-24(29)28-19-14-23(15-20-28)27-17-12-22(13-18-27)25(30)26-16-11-21-8-6-4-7-9-21/h4,6-9,22-23H,2-3,5,10-20H2,1H3,(H,26,30). The maximum Gasteiger partial charge on any atom is 0.223 e. The molecule has 166 valence electrons. The predicted octanol–water partition coefficient (Wildman–Crippen LogP) is 3.63. The number of amides is 2. The maximum atomic E-state index is 12.5. The van der Waals surface area contributed by atoms with Crippen LogP contribution in [0.4, 0.5) is 0 Å². The van der Waals surface area contributed by atoms with Gasteiger partial charge in [0.2, 0.25) is 11.8 Å². The third kappa shape index (κ3) is 6.83. The molecule has 0 bridgehead atoms. The molecular weight excluding hydrogens is 374 g/mol. The summed E-state index contributed by atoms with van der Waals surface area (Å²) < 4.78 is 0. The van der Waals surface area contributed by atoms with Crippen molar-refractivity contribution in [1.29, 1.82) is 0 Å². The normalized spacial score (nSPS) is 19.0. The fraction of sp³-hybridized carbons (Fsp3) is 0.680. The van der Waals surface area contributed by atoms with Crippen molar-refractivity contribution in [2.45, 2.75) is 70.8 Å². The lowest BCUT2D eigenvalue weighted by atomic mass is 9.92. The minimum absolute atomic E-state index is 0.150. The minimum atomic E-state index is 0.150.